The number of nitrogens with two attached hydrogens (primary N) is 1. The van der Waals surface area contributed by atoms with Gasteiger partial charge in [-0.2, -0.15) is 0 Å². The number of hydrogen-bond donors (Lipinski definition) is 1. The molecule has 0 saturated heterocycles. The summed E-state index contributed by atoms with van der Waals surface area (Å²) in [6, 6.07) is 2.50. The van der Waals surface area contributed by atoms with E-state index in [1.54, 1.807) is 12.4 Å². The molecular formula is C13H12BrF2N3. The van der Waals surface area contributed by atoms with Gasteiger partial charge in [-0.15, -0.1) is 0 Å². The van der Waals surface area contributed by atoms with Crippen LogP contribution < -0.4 is 5.73 Å². The minimum absolute atomic E-state index is 0.0180. The summed E-state index contributed by atoms with van der Waals surface area (Å²) in [4.78, 5) is 8.30. The topological polar surface area (TPSA) is 51.8 Å². The lowest BCUT2D eigenvalue weighted by Crippen LogP contribution is -2.18. The zero-order valence-electron chi connectivity index (χ0n) is 10.2. The summed E-state index contributed by atoms with van der Waals surface area (Å²) < 4.78 is 26.5. The molecule has 2 aromatic rings. The van der Waals surface area contributed by atoms with Crippen molar-refractivity contribution >= 4 is 15.9 Å². The average molecular weight is 328 g/mol. The molecule has 19 heavy (non-hydrogen) atoms. The first-order chi connectivity index (χ1) is 8.99. The molecule has 0 aliphatic rings. The maximum Gasteiger partial charge on any atom is 0.173 e. The van der Waals surface area contributed by atoms with Crippen LogP contribution in [0.4, 0.5) is 8.78 Å². The SMILES string of the molecule is CC(N)Cc1cnc(-c2ccc(F)c(F)c2Br)nc1. The van der Waals surface area contributed by atoms with Crippen LogP contribution in [0.2, 0.25) is 0 Å². The van der Waals surface area contributed by atoms with Gasteiger partial charge in [-0.3, -0.25) is 0 Å². The Hall–Kier alpha value is -1.40. The fraction of sp³-hybridized carbons (Fsp3) is 0.231. The van der Waals surface area contributed by atoms with Crippen LogP contribution in [0.1, 0.15) is 12.5 Å². The third kappa shape index (κ3) is 3.13. The molecule has 6 heteroatoms. The van der Waals surface area contributed by atoms with Gasteiger partial charge in [0, 0.05) is 24.0 Å². The highest BCUT2D eigenvalue weighted by molar-refractivity contribution is 9.10. The molecule has 2 N–H and O–H groups in total. The van der Waals surface area contributed by atoms with E-state index in [1.165, 1.54) is 6.07 Å². The first-order valence-corrected chi connectivity index (χ1v) is 6.48. The van der Waals surface area contributed by atoms with Crippen LogP contribution in [0.5, 0.6) is 0 Å². The van der Waals surface area contributed by atoms with Gasteiger partial charge in [-0.1, -0.05) is 0 Å². The van der Waals surface area contributed by atoms with E-state index in [0.29, 0.717) is 17.8 Å². The molecule has 0 bridgehead atoms. The summed E-state index contributed by atoms with van der Waals surface area (Å²) in [6.07, 6.45) is 3.94. The number of aromatic nitrogens is 2. The largest absolute Gasteiger partial charge is 0.328 e. The van der Waals surface area contributed by atoms with Crippen molar-refractivity contribution in [2.24, 2.45) is 5.73 Å². The summed E-state index contributed by atoms with van der Waals surface area (Å²) in [5.41, 5.74) is 6.99. The summed E-state index contributed by atoms with van der Waals surface area (Å²) in [5.74, 6) is -1.52. The Morgan fingerprint density at radius 3 is 2.47 bits per heavy atom. The molecule has 0 amide bonds. The Kier molecular flexibility index (Phi) is 4.21. The quantitative estimate of drug-likeness (QED) is 0.881. The molecule has 2 rings (SSSR count). The van der Waals surface area contributed by atoms with Crippen molar-refractivity contribution in [3.63, 3.8) is 0 Å². The normalized spacial score (nSPS) is 12.5. The smallest absolute Gasteiger partial charge is 0.173 e. The van der Waals surface area contributed by atoms with E-state index in [1.807, 2.05) is 6.92 Å². The highest BCUT2D eigenvalue weighted by atomic mass is 79.9. The molecule has 1 unspecified atom stereocenters. The number of nitrogens with zero attached hydrogens (tertiary/aromatic N) is 2. The maximum atomic E-state index is 13.4. The zero-order valence-corrected chi connectivity index (χ0v) is 11.8. The molecule has 1 atom stereocenters. The molecule has 100 valence electrons. The fourth-order valence-corrected chi connectivity index (χ4v) is 2.17. The first kappa shape index (κ1) is 14.0. The predicted octanol–water partition coefficient (Wildman–Crippen LogP) is 3.07. The van der Waals surface area contributed by atoms with Crippen LogP contribution in [0, 0.1) is 11.6 Å². The van der Waals surface area contributed by atoms with Crippen LogP contribution in [-0.2, 0) is 6.42 Å². The molecule has 1 aromatic heterocycles. The van der Waals surface area contributed by atoms with E-state index >= 15 is 0 Å². The van der Waals surface area contributed by atoms with Gasteiger partial charge < -0.3 is 5.73 Å². The van der Waals surface area contributed by atoms with Crippen molar-refractivity contribution in [2.75, 3.05) is 0 Å². The highest BCUT2D eigenvalue weighted by Crippen LogP contribution is 2.29. The van der Waals surface area contributed by atoms with Crippen molar-refractivity contribution in [2.45, 2.75) is 19.4 Å². The van der Waals surface area contributed by atoms with Crippen molar-refractivity contribution in [3.05, 3.63) is 46.2 Å². The van der Waals surface area contributed by atoms with Gasteiger partial charge in [0.2, 0.25) is 0 Å². The minimum Gasteiger partial charge on any atom is -0.328 e. The standard InChI is InChI=1S/C13H12BrF2N3/c1-7(17)4-8-5-18-13(19-6-8)9-2-3-10(15)12(16)11(9)14/h2-3,5-7H,4,17H2,1H3. The van der Waals surface area contributed by atoms with Gasteiger partial charge in [-0.05, 0) is 47.0 Å². The van der Waals surface area contributed by atoms with E-state index < -0.39 is 11.6 Å². The maximum absolute atomic E-state index is 13.4. The minimum atomic E-state index is -0.944. The van der Waals surface area contributed by atoms with Gasteiger partial charge >= 0.3 is 0 Å². The van der Waals surface area contributed by atoms with Crippen LogP contribution >= 0.6 is 15.9 Å². The van der Waals surface area contributed by atoms with Crippen LogP contribution in [-0.4, -0.2) is 16.0 Å². The van der Waals surface area contributed by atoms with Crippen LogP contribution in [0.3, 0.4) is 0 Å². The molecule has 1 heterocycles. The Morgan fingerprint density at radius 1 is 1.26 bits per heavy atom. The van der Waals surface area contributed by atoms with E-state index in [-0.39, 0.29) is 10.5 Å². The zero-order chi connectivity index (χ0) is 14.0. The van der Waals surface area contributed by atoms with Gasteiger partial charge in [0.1, 0.15) is 0 Å². The van der Waals surface area contributed by atoms with Gasteiger partial charge in [-0.25, -0.2) is 18.7 Å². The number of hydrogen-bond acceptors (Lipinski definition) is 3. The molecule has 0 saturated carbocycles. The van der Waals surface area contributed by atoms with Crippen molar-refractivity contribution in [3.8, 4) is 11.4 Å². The lowest BCUT2D eigenvalue weighted by Gasteiger charge is -2.07. The second kappa shape index (κ2) is 5.71. The third-order valence-corrected chi connectivity index (χ3v) is 3.31. The Morgan fingerprint density at radius 2 is 1.89 bits per heavy atom. The lowest BCUT2D eigenvalue weighted by atomic mass is 10.1. The van der Waals surface area contributed by atoms with Crippen molar-refractivity contribution < 1.29 is 8.78 Å². The second-order valence-corrected chi connectivity index (χ2v) is 5.11. The van der Waals surface area contributed by atoms with Crippen molar-refractivity contribution in [1.29, 1.82) is 0 Å². The first-order valence-electron chi connectivity index (χ1n) is 5.69. The Bertz CT molecular complexity index is 585. The molecule has 0 aliphatic heterocycles. The molecule has 1 aromatic carbocycles. The number of benzene rings is 1. The van der Waals surface area contributed by atoms with E-state index in [9.17, 15) is 8.78 Å². The molecule has 0 fully saturated rings. The monoisotopic (exact) mass is 327 g/mol. The summed E-state index contributed by atoms with van der Waals surface area (Å²) in [5, 5.41) is 0. The van der Waals surface area contributed by atoms with Crippen LogP contribution in [0.15, 0.2) is 29.0 Å². The van der Waals surface area contributed by atoms with Gasteiger partial charge in [0.15, 0.2) is 17.5 Å². The summed E-state index contributed by atoms with van der Waals surface area (Å²) in [6.45, 7) is 1.89. The molecule has 0 spiro atoms. The molecule has 0 radical (unpaired) electrons. The summed E-state index contributed by atoms with van der Waals surface area (Å²) >= 11 is 3.01. The summed E-state index contributed by atoms with van der Waals surface area (Å²) in [7, 11) is 0. The lowest BCUT2D eigenvalue weighted by molar-refractivity contribution is 0.504. The Balaban J connectivity index is 2.35. The van der Waals surface area contributed by atoms with E-state index in [2.05, 4.69) is 25.9 Å². The Labute approximate surface area is 118 Å². The number of rotatable bonds is 3. The highest BCUT2D eigenvalue weighted by Gasteiger charge is 2.14. The van der Waals surface area contributed by atoms with Crippen LogP contribution in [0.25, 0.3) is 11.4 Å². The second-order valence-electron chi connectivity index (χ2n) is 4.32. The molecular weight excluding hydrogens is 316 g/mol. The predicted molar refractivity (Wildman–Crippen MR) is 72.4 cm³/mol. The fourth-order valence-electron chi connectivity index (χ4n) is 1.67. The molecule has 3 nitrogen and oxygen atoms in total. The third-order valence-electron chi connectivity index (χ3n) is 2.54. The van der Waals surface area contributed by atoms with E-state index in [4.69, 9.17) is 5.73 Å². The van der Waals surface area contributed by atoms with Gasteiger partial charge in [0.05, 0.1) is 4.47 Å². The van der Waals surface area contributed by atoms with Crippen molar-refractivity contribution in [1.82, 2.24) is 9.97 Å². The van der Waals surface area contributed by atoms with E-state index in [0.717, 1.165) is 11.6 Å². The number of halogens is 3. The average Bonchev–Trinajstić information content (AvgIpc) is 2.37. The molecule has 0 aliphatic carbocycles. The van der Waals surface area contributed by atoms with Gasteiger partial charge in [0.25, 0.3) is 0 Å².